The molecule has 98 valence electrons. The van der Waals surface area contributed by atoms with Crippen LogP contribution in [0.1, 0.15) is 37.0 Å². The van der Waals surface area contributed by atoms with Crippen LogP contribution in [0.25, 0.3) is 0 Å². The van der Waals surface area contributed by atoms with Gasteiger partial charge in [-0.2, -0.15) is 0 Å². The van der Waals surface area contributed by atoms with Crippen molar-refractivity contribution in [1.29, 1.82) is 0 Å². The van der Waals surface area contributed by atoms with Gasteiger partial charge >= 0.3 is 0 Å². The van der Waals surface area contributed by atoms with E-state index in [4.69, 9.17) is 0 Å². The summed E-state index contributed by atoms with van der Waals surface area (Å²) in [6.07, 6.45) is 2.09. The van der Waals surface area contributed by atoms with Crippen LogP contribution in [0.5, 0.6) is 0 Å². The highest BCUT2D eigenvalue weighted by molar-refractivity contribution is 6.02. The molecular weight excluding hydrogens is 236 g/mol. The summed E-state index contributed by atoms with van der Waals surface area (Å²) in [7, 11) is 0. The van der Waals surface area contributed by atoms with Crippen LogP contribution in [-0.4, -0.2) is 29.3 Å². The largest absolute Gasteiger partial charge is 0.292 e. The van der Waals surface area contributed by atoms with Crippen molar-refractivity contribution < 1.29 is 13.6 Å². The minimum Gasteiger partial charge on any atom is -0.292 e. The molecule has 1 aromatic rings. The van der Waals surface area contributed by atoms with Gasteiger partial charge in [0.1, 0.15) is 11.6 Å². The number of hydrogen-bond donors (Lipinski definition) is 0. The first-order valence-corrected chi connectivity index (χ1v) is 6.18. The first-order chi connectivity index (χ1) is 8.43. The summed E-state index contributed by atoms with van der Waals surface area (Å²) >= 11 is 0. The lowest BCUT2D eigenvalue weighted by molar-refractivity contribution is 0.0697. The van der Waals surface area contributed by atoms with Gasteiger partial charge in [-0.3, -0.25) is 9.69 Å². The molecule has 0 aliphatic carbocycles. The van der Waals surface area contributed by atoms with Crippen LogP contribution >= 0.6 is 0 Å². The number of Topliss-reactive ketones (excluding diaryl/α,β-unsaturated/α-hetero) is 1. The van der Waals surface area contributed by atoms with E-state index in [0.29, 0.717) is 0 Å². The molecule has 1 aliphatic rings. The third kappa shape index (κ3) is 2.29. The fourth-order valence-electron chi connectivity index (χ4n) is 2.42. The zero-order valence-corrected chi connectivity index (χ0v) is 10.7. The van der Waals surface area contributed by atoms with Crippen molar-refractivity contribution in [2.24, 2.45) is 0 Å². The molecule has 0 radical (unpaired) electrons. The lowest BCUT2D eigenvalue weighted by atomic mass is 9.91. The first-order valence-electron chi connectivity index (χ1n) is 6.18. The Labute approximate surface area is 106 Å². The lowest BCUT2D eigenvalue weighted by Crippen LogP contribution is -2.48. The van der Waals surface area contributed by atoms with Gasteiger partial charge in [0.2, 0.25) is 0 Å². The molecule has 0 unspecified atom stereocenters. The smallest absolute Gasteiger partial charge is 0.185 e. The van der Waals surface area contributed by atoms with E-state index in [-0.39, 0.29) is 11.3 Å². The fraction of sp³-hybridized carbons (Fsp3) is 0.500. The normalized spacial score (nSPS) is 17.1. The molecule has 1 aromatic carbocycles. The monoisotopic (exact) mass is 253 g/mol. The molecule has 1 saturated heterocycles. The van der Waals surface area contributed by atoms with Crippen LogP contribution in [0.3, 0.4) is 0 Å². The maximum absolute atomic E-state index is 13.6. The number of likely N-dealkylation sites (tertiary alicyclic amines) is 1. The first kappa shape index (κ1) is 13.1. The number of rotatable bonds is 3. The topological polar surface area (TPSA) is 20.3 Å². The highest BCUT2D eigenvalue weighted by Crippen LogP contribution is 2.26. The fourth-order valence-corrected chi connectivity index (χ4v) is 2.42. The zero-order chi connectivity index (χ0) is 13.3. The van der Waals surface area contributed by atoms with Gasteiger partial charge in [-0.15, -0.1) is 0 Å². The van der Waals surface area contributed by atoms with Gasteiger partial charge < -0.3 is 0 Å². The second-order valence-corrected chi connectivity index (χ2v) is 5.21. The van der Waals surface area contributed by atoms with Gasteiger partial charge in [0.15, 0.2) is 5.78 Å². The van der Waals surface area contributed by atoms with Crippen molar-refractivity contribution in [3.63, 3.8) is 0 Å². The molecule has 18 heavy (non-hydrogen) atoms. The number of carbonyl (C=O) groups is 1. The van der Waals surface area contributed by atoms with E-state index in [9.17, 15) is 13.6 Å². The third-order valence-corrected chi connectivity index (χ3v) is 3.63. The van der Waals surface area contributed by atoms with Crippen LogP contribution in [0.15, 0.2) is 18.2 Å². The molecule has 2 nitrogen and oxygen atoms in total. The van der Waals surface area contributed by atoms with Crippen molar-refractivity contribution in [3.05, 3.63) is 35.4 Å². The molecule has 2 rings (SSSR count). The Morgan fingerprint density at radius 3 is 2.44 bits per heavy atom. The van der Waals surface area contributed by atoms with Crippen molar-refractivity contribution in [3.8, 4) is 0 Å². The van der Waals surface area contributed by atoms with Gasteiger partial charge in [0, 0.05) is 0 Å². The SMILES string of the molecule is CC(C)(C(=O)c1cc(F)ccc1F)N1CCCC1. The zero-order valence-electron chi connectivity index (χ0n) is 10.7. The average molecular weight is 253 g/mol. The molecule has 1 fully saturated rings. The van der Waals surface area contributed by atoms with Crippen LogP contribution < -0.4 is 0 Å². The second kappa shape index (κ2) is 4.76. The molecule has 0 spiro atoms. The molecule has 1 aliphatic heterocycles. The summed E-state index contributed by atoms with van der Waals surface area (Å²) < 4.78 is 26.8. The van der Waals surface area contributed by atoms with Crippen LogP contribution in [0, 0.1) is 11.6 Å². The molecule has 0 saturated carbocycles. The molecule has 4 heteroatoms. The molecule has 1 heterocycles. The van der Waals surface area contributed by atoms with Crippen molar-refractivity contribution in [2.75, 3.05) is 13.1 Å². The Bertz CT molecular complexity index is 465. The number of halogens is 2. The number of carbonyl (C=O) groups excluding carboxylic acids is 1. The van der Waals surface area contributed by atoms with Crippen molar-refractivity contribution in [2.45, 2.75) is 32.2 Å². The number of hydrogen-bond acceptors (Lipinski definition) is 2. The minimum atomic E-state index is -0.787. The standard InChI is InChI=1S/C14H17F2NO/c1-14(2,17-7-3-4-8-17)13(18)11-9-10(15)5-6-12(11)16/h5-6,9H,3-4,7-8H2,1-2H3. The van der Waals surface area contributed by atoms with Gasteiger partial charge in [-0.1, -0.05) is 0 Å². The minimum absolute atomic E-state index is 0.160. The maximum Gasteiger partial charge on any atom is 0.185 e. The molecule has 0 bridgehead atoms. The summed E-state index contributed by atoms with van der Waals surface area (Å²) in [4.78, 5) is 14.4. The number of benzene rings is 1. The Morgan fingerprint density at radius 2 is 1.83 bits per heavy atom. The van der Waals surface area contributed by atoms with E-state index in [1.807, 2.05) is 4.90 Å². The summed E-state index contributed by atoms with van der Waals surface area (Å²) in [5, 5.41) is 0. The second-order valence-electron chi connectivity index (χ2n) is 5.21. The Hall–Kier alpha value is -1.29. The lowest BCUT2D eigenvalue weighted by Gasteiger charge is -2.33. The highest BCUT2D eigenvalue weighted by atomic mass is 19.1. The van der Waals surface area contributed by atoms with Crippen LogP contribution in [0.4, 0.5) is 8.78 Å². The van der Waals surface area contributed by atoms with E-state index in [2.05, 4.69) is 0 Å². The van der Waals surface area contributed by atoms with E-state index < -0.39 is 17.2 Å². The third-order valence-electron chi connectivity index (χ3n) is 3.63. The maximum atomic E-state index is 13.6. The number of ketones is 1. The van der Waals surface area contributed by atoms with Crippen molar-refractivity contribution in [1.82, 2.24) is 4.90 Å². The van der Waals surface area contributed by atoms with Crippen LogP contribution in [-0.2, 0) is 0 Å². The summed E-state index contributed by atoms with van der Waals surface area (Å²) in [5.74, 6) is -1.60. The molecule has 0 N–H and O–H groups in total. The Kier molecular flexibility index (Phi) is 3.48. The predicted molar refractivity (Wildman–Crippen MR) is 65.6 cm³/mol. The highest BCUT2D eigenvalue weighted by Gasteiger charge is 2.37. The number of nitrogens with zero attached hydrogens (tertiary/aromatic N) is 1. The van der Waals surface area contributed by atoms with Gasteiger partial charge in [0.05, 0.1) is 11.1 Å². The van der Waals surface area contributed by atoms with E-state index in [0.717, 1.165) is 44.1 Å². The molecule has 0 aromatic heterocycles. The Morgan fingerprint density at radius 1 is 1.22 bits per heavy atom. The average Bonchev–Trinajstić information content (AvgIpc) is 2.85. The van der Waals surface area contributed by atoms with Gasteiger partial charge in [0.25, 0.3) is 0 Å². The van der Waals surface area contributed by atoms with Crippen LogP contribution in [0.2, 0.25) is 0 Å². The summed E-state index contributed by atoms with van der Waals surface area (Å²) in [6.45, 7) is 5.20. The Balaban J connectivity index is 2.32. The quantitative estimate of drug-likeness (QED) is 0.772. The van der Waals surface area contributed by atoms with Gasteiger partial charge in [-0.05, 0) is 58.0 Å². The molecule has 0 amide bonds. The predicted octanol–water partition coefficient (Wildman–Crippen LogP) is 3.02. The van der Waals surface area contributed by atoms with E-state index in [1.165, 1.54) is 0 Å². The summed E-state index contributed by atoms with van der Waals surface area (Å²) in [5.41, 5.74) is -0.947. The van der Waals surface area contributed by atoms with E-state index >= 15 is 0 Å². The van der Waals surface area contributed by atoms with E-state index in [1.54, 1.807) is 13.8 Å². The summed E-state index contributed by atoms with van der Waals surface area (Å²) in [6, 6.07) is 3.01. The molecular formula is C14H17F2NO. The van der Waals surface area contributed by atoms with Gasteiger partial charge in [-0.25, -0.2) is 8.78 Å². The molecule has 0 atom stereocenters. The van der Waals surface area contributed by atoms with Crippen molar-refractivity contribution >= 4 is 5.78 Å².